The van der Waals surface area contributed by atoms with E-state index in [1.165, 1.54) is 0 Å². The van der Waals surface area contributed by atoms with Crippen molar-refractivity contribution in [3.63, 3.8) is 0 Å². The number of nitrogens with one attached hydrogen (secondary N) is 2. The van der Waals surface area contributed by atoms with Crippen LogP contribution in [0.3, 0.4) is 0 Å². The molecule has 3 heterocycles. The zero-order valence-corrected chi connectivity index (χ0v) is 19.3. The lowest BCUT2D eigenvalue weighted by molar-refractivity contribution is 0.0528. The Labute approximate surface area is 180 Å². The lowest BCUT2D eigenvalue weighted by atomic mass is 10.2. The smallest absolute Gasteiger partial charge is 0.407 e. The molecule has 11 heteroatoms. The van der Waals surface area contributed by atoms with Crippen molar-refractivity contribution >= 4 is 55.2 Å². The number of alkyl carbamates (subject to hydrolysis) is 1. The average molecular weight is 519 g/mol. The predicted octanol–water partition coefficient (Wildman–Crippen LogP) is 2.53. The van der Waals surface area contributed by atoms with Gasteiger partial charge in [-0.25, -0.2) is 9.78 Å². The number of rotatable bonds is 5. The topological polar surface area (TPSA) is 110 Å². The van der Waals surface area contributed by atoms with E-state index >= 15 is 0 Å². The fourth-order valence-electron chi connectivity index (χ4n) is 3.04. The summed E-state index contributed by atoms with van der Waals surface area (Å²) in [5, 5.41) is 10.4. The Balaban J connectivity index is 1.53. The van der Waals surface area contributed by atoms with E-state index in [4.69, 9.17) is 15.5 Å². The number of fused-ring (bicyclic) bond motifs is 1. The Morgan fingerprint density at radius 1 is 1.39 bits per heavy atom. The molecule has 0 spiro atoms. The maximum atomic E-state index is 11.7. The molecule has 9 nitrogen and oxygen atoms in total. The minimum Gasteiger partial charge on any atom is -0.444 e. The number of anilines is 2. The van der Waals surface area contributed by atoms with Gasteiger partial charge in [0.1, 0.15) is 21.7 Å². The summed E-state index contributed by atoms with van der Waals surface area (Å²) < 4.78 is 8.37. The first-order chi connectivity index (χ1) is 13.2. The Morgan fingerprint density at radius 3 is 2.86 bits per heavy atom. The fraction of sp³-hybridized carbons (Fsp3) is 0.588. The summed E-state index contributed by atoms with van der Waals surface area (Å²) in [5.74, 6) is 1.33. The molecular formula is C17H25Br2N7O2. The normalized spacial score (nSPS) is 17.3. The molecule has 0 unspecified atom stereocenters. The summed E-state index contributed by atoms with van der Waals surface area (Å²) in [5.41, 5.74) is 6.40. The van der Waals surface area contributed by atoms with Crippen LogP contribution in [0.4, 0.5) is 16.4 Å². The average Bonchev–Trinajstić information content (AvgIpc) is 3.20. The molecule has 0 aromatic carbocycles. The predicted molar refractivity (Wildman–Crippen MR) is 116 cm³/mol. The van der Waals surface area contributed by atoms with Crippen molar-refractivity contribution in [2.45, 2.75) is 38.8 Å². The van der Waals surface area contributed by atoms with Gasteiger partial charge in [0, 0.05) is 32.2 Å². The van der Waals surface area contributed by atoms with Crippen molar-refractivity contribution in [1.82, 2.24) is 25.2 Å². The number of hydrogen-bond donors (Lipinski definition) is 3. The van der Waals surface area contributed by atoms with Crippen LogP contribution in [-0.4, -0.2) is 58.5 Å². The third-order valence-corrected chi connectivity index (χ3v) is 5.60. The van der Waals surface area contributed by atoms with E-state index in [0.717, 1.165) is 34.3 Å². The van der Waals surface area contributed by atoms with Crippen LogP contribution in [0.1, 0.15) is 27.2 Å². The number of ether oxygens (including phenoxy) is 1. The maximum Gasteiger partial charge on any atom is 0.407 e. The summed E-state index contributed by atoms with van der Waals surface area (Å²) in [6.07, 6.45) is 2.26. The van der Waals surface area contributed by atoms with E-state index in [2.05, 4.69) is 52.5 Å². The Bertz CT molecular complexity index is 865. The van der Waals surface area contributed by atoms with Crippen LogP contribution in [0, 0.1) is 0 Å². The highest BCUT2D eigenvalue weighted by Gasteiger charge is 2.27. The molecule has 0 aliphatic carbocycles. The second-order valence-electron chi connectivity index (χ2n) is 7.68. The molecule has 0 saturated carbocycles. The van der Waals surface area contributed by atoms with Gasteiger partial charge in [-0.05, 0) is 59.1 Å². The summed E-state index contributed by atoms with van der Waals surface area (Å²) in [7, 11) is 0. The molecule has 1 saturated heterocycles. The SMILES string of the molecule is CC(C)(C)OC(=O)NCCN[C@H]1CCN(c2nc3c(Br)cnn3c(N)c2Br)C1. The van der Waals surface area contributed by atoms with Crippen LogP contribution < -0.4 is 21.3 Å². The zero-order chi connectivity index (χ0) is 20.5. The van der Waals surface area contributed by atoms with E-state index in [1.54, 1.807) is 10.7 Å². The Hall–Kier alpha value is -1.59. The van der Waals surface area contributed by atoms with E-state index in [-0.39, 0.29) is 0 Å². The summed E-state index contributed by atoms with van der Waals surface area (Å²) >= 11 is 7.02. The number of amides is 1. The molecule has 28 heavy (non-hydrogen) atoms. The highest BCUT2D eigenvalue weighted by molar-refractivity contribution is 9.11. The highest BCUT2D eigenvalue weighted by Crippen LogP contribution is 2.34. The van der Waals surface area contributed by atoms with Gasteiger partial charge in [0.05, 0.1) is 10.7 Å². The van der Waals surface area contributed by atoms with Crippen LogP contribution in [0.25, 0.3) is 5.65 Å². The minimum atomic E-state index is -0.489. The molecule has 2 aromatic rings. The van der Waals surface area contributed by atoms with Gasteiger partial charge in [-0.2, -0.15) is 9.61 Å². The largest absolute Gasteiger partial charge is 0.444 e. The molecule has 1 aliphatic rings. The van der Waals surface area contributed by atoms with Gasteiger partial charge in [0.15, 0.2) is 5.65 Å². The molecule has 4 N–H and O–H groups in total. The highest BCUT2D eigenvalue weighted by atomic mass is 79.9. The van der Waals surface area contributed by atoms with Crippen molar-refractivity contribution in [2.24, 2.45) is 0 Å². The van der Waals surface area contributed by atoms with Gasteiger partial charge >= 0.3 is 6.09 Å². The molecule has 1 fully saturated rings. The maximum absolute atomic E-state index is 11.7. The molecule has 2 aromatic heterocycles. The van der Waals surface area contributed by atoms with Gasteiger partial charge in [0.2, 0.25) is 0 Å². The number of nitrogens with two attached hydrogens (primary N) is 1. The van der Waals surface area contributed by atoms with Crippen LogP contribution >= 0.6 is 31.9 Å². The number of aromatic nitrogens is 3. The standard InChI is InChI=1S/C17H25Br2N7O2/c1-17(2,3)28-16(27)22-6-5-21-10-4-7-25(9-10)15-12(19)13(20)26-14(24-15)11(18)8-23-26/h8,10,21H,4-7,9,20H2,1-3H3,(H,22,27)/t10-/m0/s1. The van der Waals surface area contributed by atoms with Crippen LogP contribution in [-0.2, 0) is 4.74 Å². The molecule has 1 aliphatic heterocycles. The zero-order valence-electron chi connectivity index (χ0n) is 16.1. The second-order valence-corrected chi connectivity index (χ2v) is 9.32. The number of carbonyl (C=O) groups is 1. The number of nitrogen functional groups attached to an aromatic ring is 1. The third kappa shape index (κ3) is 4.87. The second kappa shape index (κ2) is 8.42. The first-order valence-electron chi connectivity index (χ1n) is 9.09. The Kier molecular flexibility index (Phi) is 6.35. The summed E-state index contributed by atoms with van der Waals surface area (Å²) in [6, 6.07) is 0.305. The van der Waals surface area contributed by atoms with Crippen molar-refractivity contribution < 1.29 is 9.53 Å². The molecule has 0 radical (unpaired) electrons. The lowest BCUT2D eigenvalue weighted by Crippen LogP contribution is -2.40. The van der Waals surface area contributed by atoms with Crippen LogP contribution in [0.5, 0.6) is 0 Å². The quantitative estimate of drug-likeness (QED) is 0.521. The molecule has 3 rings (SSSR count). The monoisotopic (exact) mass is 517 g/mol. The van der Waals surface area contributed by atoms with Crippen LogP contribution in [0.15, 0.2) is 15.1 Å². The number of halogens is 2. The number of nitrogens with zero attached hydrogens (tertiary/aromatic N) is 4. The lowest BCUT2D eigenvalue weighted by Gasteiger charge is -2.21. The van der Waals surface area contributed by atoms with Crippen molar-refractivity contribution in [3.05, 3.63) is 15.1 Å². The molecule has 1 amide bonds. The minimum absolute atomic E-state index is 0.305. The summed E-state index contributed by atoms with van der Waals surface area (Å²) in [4.78, 5) is 18.6. The Morgan fingerprint density at radius 2 is 2.14 bits per heavy atom. The van der Waals surface area contributed by atoms with Crippen molar-refractivity contribution in [2.75, 3.05) is 36.8 Å². The van der Waals surface area contributed by atoms with Gasteiger partial charge in [-0.3, -0.25) is 0 Å². The van der Waals surface area contributed by atoms with Gasteiger partial charge in [-0.15, -0.1) is 0 Å². The molecule has 1 atom stereocenters. The van der Waals surface area contributed by atoms with Crippen molar-refractivity contribution in [1.29, 1.82) is 0 Å². The fourth-order valence-corrected chi connectivity index (χ4v) is 3.90. The first-order valence-corrected chi connectivity index (χ1v) is 10.7. The summed E-state index contributed by atoms with van der Waals surface area (Å²) in [6.45, 7) is 8.38. The van der Waals surface area contributed by atoms with Crippen molar-refractivity contribution in [3.8, 4) is 0 Å². The van der Waals surface area contributed by atoms with Gasteiger partial charge < -0.3 is 26.0 Å². The first kappa shape index (κ1) is 21.1. The van der Waals surface area contributed by atoms with E-state index in [0.29, 0.717) is 30.6 Å². The van der Waals surface area contributed by atoms with Gasteiger partial charge in [0.25, 0.3) is 0 Å². The van der Waals surface area contributed by atoms with Crippen LogP contribution in [0.2, 0.25) is 0 Å². The molecule has 154 valence electrons. The number of hydrogen-bond acceptors (Lipinski definition) is 7. The number of carbonyl (C=O) groups excluding carboxylic acids is 1. The van der Waals surface area contributed by atoms with Gasteiger partial charge in [-0.1, -0.05) is 0 Å². The van der Waals surface area contributed by atoms with E-state index in [9.17, 15) is 4.79 Å². The third-order valence-electron chi connectivity index (χ3n) is 4.28. The molecule has 0 bridgehead atoms. The van der Waals surface area contributed by atoms with E-state index in [1.807, 2.05) is 20.8 Å². The molecular weight excluding hydrogens is 494 g/mol. The van der Waals surface area contributed by atoms with E-state index < -0.39 is 11.7 Å².